The molecule has 0 spiro atoms. The molecule has 4 aromatic heterocycles. The second-order valence-electron chi connectivity index (χ2n) is 7.16. The van der Waals surface area contributed by atoms with E-state index in [1.807, 2.05) is 30.3 Å². The first-order chi connectivity index (χ1) is 15.1. The zero-order valence-corrected chi connectivity index (χ0v) is 16.7. The third-order valence-electron chi connectivity index (χ3n) is 5.22. The minimum absolute atomic E-state index is 0.202. The van der Waals surface area contributed by atoms with Gasteiger partial charge >= 0.3 is 0 Å². The summed E-state index contributed by atoms with van der Waals surface area (Å²) in [7, 11) is 1.58. The highest BCUT2D eigenvalue weighted by atomic mass is 16.5. The minimum Gasteiger partial charge on any atom is -0.497 e. The molecule has 5 aromatic rings. The summed E-state index contributed by atoms with van der Waals surface area (Å²) in [6.45, 7) is 0.392. The van der Waals surface area contributed by atoms with Gasteiger partial charge in [-0.05, 0) is 42.0 Å². The maximum absolute atomic E-state index is 13.2. The highest BCUT2D eigenvalue weighted by Crippen LogP contribution is 2.18. The van der Waals surface area contributed by atoms with E-state index in [9.17, 15) is 9.59 Å². The van der Waals surface area contributed by atoms with E-state index in [-0.39, 0.29) is 11.1 Å². The van der Waals surface area contributed by atoms with Gasteiger partial charge in [-0.25, -0.2) is 4.98 Å². The lowest BCUT2D eigenvalue weighted by Gasteiger charge is -2.10. The number of aromatic nitrogens is 4. The van der Waals surface area contributed by atoms with Gasteiger partial charge in [0.25, 0.3) is 11.1 Å². The Kier molecular flexibility index (Phi) is 4.55. The van der Waals surface area contributed by atoms with Crippen LogP contribution in [0.15, 0.2) is 89.0 Å². The number of benzene rings is 1. The molecule has 0 aliphatic heterocycles. The first-order valence-corrected chi connectivity index (χ1v) is 9.73. The average Bonchev–Trinajstić information content (AvgIpc) is 2.81. The van der Waals surface area contributed by atoms with E-state index >= 15 is 0 Å². The van der Waals surface area contributed by atoms with Crippen molar-refractivity contribution in [3.63, 3.8) is 0 Å². The number of hydrogen-bond donors (Lipinski definition) is 0. The summed E-state index contributed by atoms with van der Waals surface area (Å²) >= 11 is 0. The van der Waals surface area contributed by atoms with Crippen LogP contribution in [0.4, 0.5) is 0 Å². The number of pyridine rings is 4. The van der Waals surface area contributed by atoms with E-state index in [2.05, 4.69) is 9.97 Å². The van der Waals surface area contributed by atoms with Crippen molar-refractivity contribution in [3.8, 4) is 11.4 Å². The zero-order chi connectivity index (χ0) is 21.4. The van der Waals surface area contributed by atoms with E-state index in [4.69, 9.17) is 4.74 Å². The molecule has 0 saturated carbocycles. The Bertz CT molecular complexity index is 1540. The molecule has 7 heteroatoms. The van der Waals surface area contributed by atoms with Gasteiger partial charge in [-0.1, -0.05) is 12.1 Å². The van der Waals surface area contributed by atoms with E-state index in [1.165, 1.54) is 4.57 Å². The van der Waals surface area contributed by atoms with Gasteiger partial charge in [0.2, 0.25) is 0 Å². The quantitative estimate of drug-likeness (QED) is 0.425. The molecule has 0 unspecified atom stereocenters. The van der Waals surface area contributed by atoms with Crippen molar-refractivity contribution in [3.05, 3.63) is 106 Å². The van der Waals surface area contributed by atoms with Crippen LogP contribution in [0.25, 0.3) is 27.5 Å². The van der Waals surface area contributed by atoms with Crippen molar-refractivity contribution < 1.29 is 4.74 Å². The van der Waals surface area contributed by atoms with Gasteiger partial charge in [0, 0.05) is 30.9 Å². The molecule has 0 atom stereocenters. The van der Waals surface area contributed by atoms with Crippen LogP contribution in [-0.2, 0) is 6.54 Å². The van der Waals surface area contributed by atoms with Gasteiger partial charge in [-0.15, -0.1) is 0 Å². The Hall–Kier alpha value is -4.26. The van der Waals surface area contributed by atoms with E-state index in [0.29, 0.717) is 39.8 Å². The number of hydrogen-bond acceptors (Lipinski definition) is 5. The van der Waals surface area contributed by atoms with Gasteiger partial charge in [0.15, 0.2) is 0 Å². The van der Waals surface area contributed by atoms with Crippen molar-refractivity contribution in [1.29, 1.82) is 0 Å². The molecule has 4 heterocycles. The highest BCUT2D eigenvalue weighted by Gasteiger charge is 2.11. The molecule has 31 heavy (non-hydrogen) atoms. The number of ether oxygens (including phenoxy) is 1. The molecule has 152 valence electrons. The lowest BCUT2D eigenvalue weighted by Crippen LogP contribution is -2.22. The molecule has 0 N–H and O–H groups in total. The highest BCUT2D eigenvalue weighted by molar-refractivity contribution is 5.91. The number of fused-ring (bicyclic) bond motifs is 2. The van der Waals surface area contributed by atoms with Crippen molar-refractivity contribution in [2.45, 2.75) is 6.54 Å². The molecular weight excluding hydrogens is 392 g/mol. The number of rotatable bonds is 4. The van der Waals surface area contributed by atoms with Crippen LogP contribution in [-0.4, -0.2) is 26.2 Å². The predicted octanol–water partition coefficient (Wildman–Crippen LogP) is 3.15. The van der Waals surface area contributed by atoms with Crippen LogP contribution in [0, 0.1) is 0 Å². The predicted molar refractivity (Wildman–Crippen MR) is 119 cm³/mol. The zero-order valence-electron chi connectivity index (χ0n) is 16.7. The fraction of sp³-hybridized carbons (Fsp3) is 0.0833. The van der Waals surface area contributed by atoms with Crippen LogP contribution in [0.3, 0.4) is 0 Å². The molecule has 0 aliphatic carbocycles. The Morgan fingerprint density at radius 2 is 1.71 bits per heavy atom. The standard InChI is InChI=1S/C24H18N4O3/c1-31-18-6-2-5-17(12-18)28-11-8-22-20(24(28)30)13-19-21(26-22)7-10-27(23(19)29)15-16-4-3-9-25-14-16/h2-14H,15H2,1H3. The smallest absolute Gasteiger partial charge is 0.264 e. The van der Waals surface area contributed by atoms with Crippen LogP contribution < -0.4 is 15.9 Å². The largest absolute Gasteiger partial charge is 0.497 e. The molecule has 0 bridgehead atoms. The summed E-state index contributed by atoms with van der Waals surface area (Å²) in [5, 5.41) is 0.786. The maximum atomic E-state index is 13.2. The van der Waals surface area contributed by atoms with Crippen LogP contribution in [0.5, 0.6) is 5.75 Å². The third kappa shape index (κ3) is 3.36. The molecule has 0 fully saturated rings. The monoisotopic (exact) mass is 410 g/mol. The first kappa shape index (κ1) is 18.7. The average molecular weight is 410 g/mol. The summed E-state index contributed by atoms with van der Waals surface area (Å²) in [5.41, 5.74) is 2.24. The molecule has 0 aliphatic rings. The van der Waals surface area contributed by atoms with Crippen LogP contribution >= 0.6 is 0 Å². The molecule has 7 nitrogen and oxygen atoms in total. The second kappa shape index (κ2) is 7.53. The third-order valence-corrected chi connectivity index (χ3v) is 5.22. The lowest BCUT2D eigenvalue weighted by atomic mass is 10.1. The molecule has 0 amide bonds. The van der Waals surface area contributed by atoms with Crippen molar-refractivity contribution >= 4 is 21.8 Å². The summed E-state index contributed by atoms with van der Waals surface area (Å²) in [6.07, 6.45) is 6.81. The normalized spacial score (nSPS) is 11.1. The van der Waals surface area contributed by atoms with Gasteiger partial charge < -0.3 is 9.30 Å². The topological polar surface area (TPSA) is 79.0 Å². The molecule has 5 rings (SSSR count). The molecule has 0 saturated heterocycles. The van der Waals surface area contributed by atoms with Crippen molar-refractivity contribution in [2.24, 2.45) is 0 Å². The van der Waals surface area contributed by atoms with Gasteiger partial charge in [0.05, 0.1) is 41.1 Å². The second-order valence-corrected chi connectivity index (χ2v) is 7.16. The fourth-order valence-corrected chi connectivity index (χ4v) is 3.64. The first-order valence-electron chi connectivity index (χ1n) is 9.73. The minimum atomic E-state index is -0.248. The maximum Gasteiger partial charge on any atom is 0.264 e. The lowest BCUT2D eigenvalue weighted by molar-refractivity contribution is 0.414. The van der Waals surface area contributed by atoms with Gasteiger partial charge in [0.1, 0.15) is 5.75 Å². The Balaban J connectivity index is 1.68. The Labute approximate surface area is 176 Å². The summed E-state index contributed by atoms with van der Waals surface area (Å²) in [5.74, 6) is 0.652. The fourth-order valence-electron chi connectivity index (χ4n) is 3.64. The van der Waals surface area contributed by atoms with E-state index < -0.39 is 0 Å². The van der Waals surface area contributed by atoms with Crippen molar-refractivity contribution in [1.82, 2.24) is 19.1 Å². The number of methoxy groups -OCH3 is 1. The molecular formula is C24H18N4O3. The van der Waals surface area contributed by atoms with E-state index in [1.54, 1.807) is 60.7 Å². The van der Waals surface area contributed by atoms with Crippen molar-refractivity contribution in [2.75, 3.05) is 7.11 Å². The Morgan fingerprint density at radius 3 is 2.48 bits per heavy atom. The van der Waals surface area contributed by atoms with Gasteiger partial charge in [-0.3, -0.25) is 19.1 Å². The SMILES string of the molecule is COc1cccc(-n2ccc3nc4ccn(Cc5cccnc5)c(=O)c4cc3c2=O)c1. The van der Waals surface area contributed by atoms with Crippen LogP contribution in [0.2, 0.25) is 0 Å². The molecule has 0 radical (unpaired) electrons. The number of nitrogens with zero attached hydrogens (tertiary/aromatic N) is 4. The van der Waals surface area contributed by atoms with Gasteiger partial charge in [-0.2, -0.15) is 0 Å². The van der Waals surface area contributed by atoms with Crippen LogP contribution in [0.1, 0.15) is 5.56 Å². The molecule has 1 aromatic carbocycles. The van der Waals surface area contributed by atoms with E-state index in [0.717, 1.165) is 5.56 Å². The summed E-state index contributed by atoms with van der Waals surface area (Å²) in [6, 6.07) is 16.2. The summed E-state index contributed by atoms with van der Waals surface area (Å²) in [4.78, 5) is 35.0. The Morgan fingerprint density at radius 1 is 0.903 bits per heavy atom. The summed E-state index contributed by atoms with van der Waals surface area (Å²) < 4.78 is 8.38.